The molecule has 0 aliphatic rings. The van der Waals surface area contributed by atoms with Crippen LogP contribution < -0.4 is 4.74 Å². The van der Waals surface area contributed by atoms with E-state index in [0.717, 1.165) is 11.1 Å². The molecule has 1 N–H and O–H groups in total. The Labute approximate surface area is 139 Å². The smallest absolute Gasteiger partial charge is 0.341 e. The summed E-state index contributed by atoms with van der Waals surface area (Å²) >= 11 is 1.58. The number of rotatable bonds is 7. The van der Waals surface area contributed by atoms with Crippen LogP contribution in [-0.2, 0) is 16.1 Å². The second-order valence-corrected chi connectivity index (χ2v) is 6.08. The number of carbonyl (C=O) groups is 2. The Morgan fingerprint density at radius 1 is 1.26 bits per heavy atom. The molecule has 2 aromatic rings. The summed E-state index contributed by atoms with van der Waals surface area (Å²) in [4.78, 5) is 24.6. The monoisotopic (exact) mass is 333 g/mol. The maximum atomic E-state index is 12.4. The lowest BCUT2D eigenvalue weighted by molar-refractivity contribution is -0.139. The van der Waals surface area contributed by atoms with Crippen molar-refractivity contribution >= 4 is 23.2 Å². The van der Waals surface area contributed by atoms with E-state index in [-0.39, 0.29) is 18.4 Å². The largest absolute Gasteiger partial charge is 0.482 e. The second-order valence-electron chi connectivity index (χ2n) is 5.30. The molecule has 0 aliphatic carbocycles. The van der Waals surface area contributed by atoms with Crippen molar-refractivity contribution in [1.82, 2.24) is 4.90 Å². The Bertz CT molecular complexity index is 652. The number of aliphatic carboxylic acids is 1. The molecule has 1 amide bonds. The van der Waals surface area contributed by atoms with Crippen LogP contribution in [-0.4, -0.2) is 35.5 Å². The molecule has 0 spiro atoms. The number of hydrogen-bond acceptors (Lipinski definition) is 4. The second kappa shape index (κ2) is 7.78. The highest BCUT2D eigenvalue weighted by Crippen LogP contribution is 2.21. The molecule has 0 bridgehead atoms. The zero-order chi connectivity index (χ0) is 16.8. The summed E-state index contributed by atoms with van der Waals surface area (Å²) in [6, 6.07) is 9.04. The molecule has 122 valence electrons. The van der Waals surface area contributed by atoms with Crippen LogP contribution in [0.2, 0.25) is 0 Å². The number of carboxylic acids is 1. The summed E-state index contributed by atoms with van der Waals surface area (Å²) in [6.45, 7) is 2.03. The number of nitrogens with zero attached hydrogens (tertiary/aromatic N) is 1. The number of likely N-dealkylation sites (N-methyl/N-ethyl adjacent to an activating group) is 1. The van der Waals surface area contributed by atoms with Gasteiger partial charge in [-0.25, -0.2) is 4.79 Å². The molecule has 23 heavy (non-hydrogen) atoms. The van der Waals surface area contributed by atoms with Crippen molar-refractivity contribution in [2.45, 2.75) is 19.4 Å². The third kappa shape index (κ3) is 4.82. The van der Waals surface area contributed by atoms with Gasteiger partial charge in [0, 0.05) is 13.6 Å². The van der Waals surface area contributed by atoms with E-state index >= 15 is 0 Å². The highest BCUT2D eigenvalue weighted by atomic mass is 32.1. The van der Waals surface area contributed by atoms with E-state index in [9.17, 15) is 9.59 Å². The SMILES string of the molecule is CC(C(=O)N(C)Cc1ccc(OCC(=O)O)cc1)c1ccsc1. The van der Waals surface area contributed by atoms with Crippen molar-refractivity contribution in [3.8, 4) is 5.75 Å². The molecule has 0 radical (unpaired) electrons. The molecule has 0 aliphatic heterocycles. The molecule has 0 saturated carbocycles. The van der Waals surface area contributed by atoms with Gasteiger partial charge < -0.3 is 14.7 Å². The molecule has 1 aromatic carbocycles. The Morgan fingerprint density at radius 3 is 2.52 bits per heavy atom. The maximum absolute atomic E-state index is 12.4. The van der Waals surface area contributed by atoms with Crippen molar-refractivity contribution < 1.29 is 19.4 Å². The summed E-state index contributed by atoms with van der Waals surface area (Å²) in [5.74, 6) is -0.613. The standard InChI is InChI=1S/C17H19NO4S/c1-12(14-7-8-23-11-14)17(21)18(2)9-13-3-5-15(6-4-13)22-10-16(19)20/h3-8,11-12H,9-10H2,1-2H3,(H,19,20). The first-order chi connectivity index (χ1) is 11.0. The van der Waals surface area contributed by atoms with E-state index in [1.807, 2.05) is 35.9 Å². The first-order valence-electron chi connectivity index (χ1n) is 7.18. The molecule has 1 aromatic heterocycles. The average molecular weight is 333 g/mol. The van der Waals surface area contributed by atoms with Crippen LogP contribution in [0.3, 0.4) is 0 Å². The van der Waals surface area contributed by atoms with Gasteiger partial charge in [-0.1, -0.05) is 12.1 Å². The minimum absolute atomic E-state index is 0.0644. The maximum Gasteiger partial charge on any atom is 0.341 e. The summed E-state index contributed by atoms with van der Waals surface area (Å²) in [5, 5.41) is 12.5. The highest BCUT2D eigenvalue weighted by Gasteiger charge is 2.19. The molecule has 0 fully saturated rings. The van der Waals surface area contributed by atoms with Crippen molar-refractivity contribution in [2.75, 3.05) is 13.7 Å². The summed E-state index contributed by atoms with van der Waals surface area (Å²) in [7, 11) is 1.78. The fourth-order valence-corrected chi connectivity index (χ4v) is 2.94. The van der Waals surface area contributed by atoms with Crippen LogP contribution in [0.15, 0.2) is 41.1 Å². The minimum Gasteiger partial charge on any atom is -0.482 e. The van der Waals surface area contributed by atoms with Gasteiger partial charge >= 0.3 is 5.97 Å². The third-order valence-electron chi connectivity index (χ3n) is 3.50. The molecular weight excluding hydrogens is 314 g/mol. The topological polar surface area (TPSA) is 66.8 Å². The zero-order valence-corrected chi connectivity index (χ0v) is 13.9. The quantitative estimate of drug-likeness (QED) is 0.846. The van der Waals surface area contributed by atoms with Gasteiger partial charge in [0.05, 0.1) is 5.92 Å². The van der Waals surface area contributed by atoms with Gasteiger partial charge in [-0.3, -0.25) is 4.79 Å². The number of hydrogen-bond donors (Lipinski definition) is 1. The lowest BCUT2D eigenvalue weighted by Gasteiger charge is -2.21. The first kappa shape index (κ1) is 17.0. The summed E-state index contributed by atoms with van der Waals surface area (Å²) in [5.41, 5.74) is 1.99. The van der Waals surface area contributed by atoms with E-state index in [1.165, 1.54) is 0 Å². The average Bonchev–Trinajstić information content (AvgIpc) is 3.07. The van der Waals surface area contributed by atoms with Gasteiger partial charge in [0.2, 0.25) is 5.91 Å². The van der Waals surface area contributed by atoms with E-state index in [4.69, 9.17) is 9.84 Å². The Balaban J connectivity index is 1.93. The van der Waals surface area contributed by atoms with Crippen LogP contribution in [0.1, 0.15) is 24.0 Å². The van der Waals surface area contributed by atoms with Gasteiger partial charge in [-0.15, -0.1) is 0 Å². The summed E-state index contributed by atoms with van der Waals surface area (Å²) < 4.78 is 5.08. The van der Waals surface area contributed by atoms with Crippen LogP contribution >= 0.6 is 11.3 Å². The number of carboxylic acid groups (broad SMARTS) is 1. The highest BCUT2D eigenvalue weighted by molar-refractivity contribution is 7.08. The first-order valence-corrected chi connectivity index (χ1v) is 8.12. The Kier molecular flexibility index (Phi) is 5.76. The fraction of sp³-hybridized carbons (Fsp3) is 0.294. The lowest BCUT2D eigenvalue weighted by atomic mass is 10.0. The van der Waals surface area contributed by atoms with Crippen molar-refractivity contribution in [3.63, 3.8) is 0 Å². The lowest BCUT2D eigenvalue weighted by Crippen LogP contribution is -2.30. The van der Waals surface area contributed by atoms with Gasteiger partial charge in [0.25, 0.3) is 0 Å². The molecule has 5 nitrogen and oxygen atoms in total. The molecule has 2 rings (SSSR count). The predicted octanol–water partition coefficient (Wildman–Crippen LogP) is 2.97. The van der Waals surface area contributed by atoms with E-state index in [1.54, 1.807) is 35.4 Å². The van der Waals surface area contributed by atoms with Gasteiger partial charge in [-0.2, -0.15) is 11.3 Å². The van der Waals surface area contributed by atoms with Crippen molar-refractivity contribution in [1.29, 1.82) is 0 Å². The van der Waals surface area contributed by atoms with Crippen LogP contribution in [0.5, 0.6) is 5.75 Å². The molecule has 1 unspecified atom stereocenters. The van der Waals surface area contributed by atoms with Crippen LogP contribution in [0.4, 0.5) is 0 Å². The number of benzene rings is 1. The predicted molar refractivity (Wildman–Crippen MR) is 88.8 cm³/mol. The third-order valence-corrected chi connectivity index (χ3v) is 4.20. The molecular formula is C17H19NO4S. The number of thiophene rings is 1. The normalized spacial score (nSPS) is 11.7. The van der Waals surface area contributed by atoms with Gasteiger partial charge in [0.15, 0.2) is 6.61 Å². The molecule has 0 saturated heterocycles. The fourth-order valence-electron chi connectivity index (χ4n) is 2.18. The number of ether oxygens (including phenoxy) is 1. The van der Waals surface area contributed by atoms with Gasteiger partial charge in [0.1, 0.15) is 5.75 Å². The minimum atomic E-state index is -1.01. The van der Waals surface area contributed by atoms with Crippen molar-refractivity contribution in [2.24, 2.45) is 0 Å². The number of carbonyl (C=O) groups excluding carboxylic acids is 1. The van der Waals surface area contributed by atoms with Gasteiger partial charge in [-0.05, 0) is 47.0 Å². The summed E-state index contributed by atoms with van der Waals surface area (Å²) in [6.07, 6.45) is 0. The van der Waals surface area contributed by atoms with Crippen LogP contribution in [0, 0.1) is 0 Å². The van der Waals surface area contributed by atoms with E-state index in [0.29, 0.717) is 12.3 Å². The molecule has 1 heterocycles. The zero-order valence-electron chi connectivity index (χ0n) is 13.1. The van der Waals surface area contributed by atoms with E-state index in [2.05, 4.69) is 0 Å². The Morgan fingerprint density at radius 2 is 1.96 bits per heavy atom. The Hall–Kier alpha value is -2.34. The molecule has 6 heteroatoms. The van der Waals surface area contributed by atoms with Crippen molar-refractivity contribution in [3.05, 3.63) is 52.2 Å². The molecule has 1 atom stereocenters. The number of amides is 1. The van der Waals surface area contributed by atoms with Crippen LogP contribution in [0.25, 0.3) is 0 Å². The van der Waals surface area contributed by atoms with E-state index < -0.39 is 5.97 Å².